The third-order valence-electron chi connectivity index (χ3n) is 0.924. The van der Waals surface area contributed by atoms with E-state index in [1.54, 1.807) is 0 Å². The molecule has 0 radical (unpaired) electrons. The summed E-state index contributed by atoms with van der Waals surface area (Å²) in [5.41, 5.74) is 8.70. The van der Waals surface area contributed by atoms with E-state index >= 15 is 0 Å². The molecule has 0 amide bonds. The average molecular weight is 182 g/mol. The molecule has 1 unspecified atom stereocenters. The quantitative estimate of drug-likeness (QED) is 0.439. The molecule has 0 aliphatic carbocycles. The van der Waals surface area contributed by atoms with Gasteiger partial charge in [-0.25, -0.2) is 13.6 Å². The topological polar surface area (TPSA) is 111 Å². The zero-order valence-electron chi connectivity index (χ0n) is 4.81. The lowest BCUT2D eigenvalue weighted by Crippen LogP contribution is -2.55. The van der Waals surface area contributed by atoms with Gasteiger partial charge in [0.1, 0.15) is 0 Å². The van der Waals surface area contributed by atoms with Crippen LogP contribution in [0.3, 0.4) is 0 Å². The molecule has 0 bridgehead atoms. The van der Waals surface area contributed by atoms with E-state index in [2.05, 4.69) is 10.5 Å². The Balaban J connectivity index is 2.92. The Hall–Kier alpha value is -0.310. The van der Waals surface area contributed by atoms with Crippen molar-refractivity contribution in [3.8, 4) is 0 Å². The van der Waals surface area contributed by atoms with Crippen molar-refractivity contribution in [2.24, 2.45) is 16.0 Å². The Morgan fingerprint density at radius 3 is 2.50 bits per heavy atom. The van der Waals surface area contributed by atoms with Crippen molar-refractivity contribution in [3.63, 3.8) is 0 Å². The minimum Gasteiger partial charge on any atom is -0.284 e. The van der Waals surface area contributed by atoms with Crippen LogP contribution in [0.4, 0.5) is 0 Å². The standard InChI is InChI=1S/C2H6N4O2S2/c3-2(10(4,7)8)6-5-1-9-2/h1,6H,3H2,(H2,4,7,8). The number of hydrogen-bond acceptors (Lipinski definition) is 6. The van der Waals surface area contributed by atoms with E-state index in [1.807, 2.05) is 0 Å². The summed E-state index contributed by atoms with van der Waals surface area (Å²) in [4.78, 5) is 0. The Bertz CT molecular complexity index is 248. The first kappa shape index (κ1) is 7.79. The van der Waals surface area contributed by atoms with E-state index in [1.165, 1.54) is 5.55 Å². The van der Waals surface area contributed by atoms with Gasteiger partial charge >= 0.3 is 0 Å². The van der Waals surface area contributed by atoms with Crippen molar-refractivity contribution in [1.82, 2.24) is 5.43 Å². The van der Waals surface area contributed by atoms with Gasteiger partial charge in [-0.05, 0) is 11.8 Å². The van der Waals surface area contributed by atoms with Crippen LogP contribution < -0.4 is 16.3 Å². The number of rotatable bonds is 1. The average Bonchev–Trinajstić information content (AvgIpc) is 2.13. The monoisotopic (exact) mass is 182 g/mol. The molecule has 0 aromatic carbocycles. The van der Waals surface area contributed by atoms with Crippen LogP contribution in [0, 0.1) is 0 Å². The minimum absolute atomic E-state index is 0.814. The molecule has 1 aliphatic rings. The number of hydrogen-bond donors (Lipinski definition) is 3. The van der Waals surface area contributed by atoms with E-state index in [0.717, 1.165) is 11.8 Å². The number of nitrogens with zero attached hydrogens (tertiary/aromatic N) is 1. The summed E-state index contributed by atoms with van der Waals surface area (Å²) in [7, 11) is -3.80. The molecule has 0 aromatic rings. The first-order valence-corrected chi connectivity index (χ1v) is 4.66. The van der Waals surface area contributed by atoms with Crippen molar-refractivity contribution in [1.29, 1.82) is 0 Å². The van der Waals surface area contributed by atoms with Gasteiger partial charge < -0.3 is 0 Å². The summed E-state index contributed by atoms with van der Waals surface area (Å²) in [6.45, 7) is 0. The third-order valence-corrected chi connectivity index (χ3v) is 3.50. The molecule has 8 heteroatoms. The second-order valence-corrected chi connectivity index (χ2v) is 4.76. The summed E-state index contributed by atoms with van der Waals surface area (Å²) >= 11 is 0.814. The van der Waals surface area contributed by atoms with Crippen molar-refractivity contribution in [3.05, 3.63) is 0 Å². The van der Waals surface area contributed by atoms with Crippen LogP contribution in [-0.2, 0) is 10.0 Å². The highest BCUT2D eigenvalue weighted by atomic mass is 32.3. The number of primary sulfonamides is 1. The van der Waals surface area contributed by atoms with E-state index in [-0.39, 0.29) is 0 Å². The minimum atomic E-state index is -3.80. The third kappa shape index (κ3) is 1.10. The van der Waals surface area contributed by atoms with Gasteiger partial charge in [-0.3, -0.25) is 11.2 Å². The molecule has 10 heavy (non-hydrogen) atoms. The lowest BCUT2D eigenvalue weighted by molar-refractivity contribution is 0.549. The molecule has 0 aromatic heterocycles. The lowest BCUT2D eigenvalue weighted by atomic mass is 11.2. The zero-order chi connectivity index (χ0) is 7.83. The van der Waals surface area contributed by atoms with Gasteiger partial charge in [0, 0.05) is 0 Å². The predicted molar refractivity (Wildman–Crippen MR) is 39.2 cm³/mol. The molecular formula is C2H6N4O2S2. The molecule has 0 saturated heterocycles. The second-order valence-electron chi connectivity index (χ2n) is 1.68. The van der Waals surface area contributed by atoms with Gasteiger partial charge in [0.05, 0.1) is 5.55 Å². The van der Waals surface area contributed by atoms with Gasteiger partial charge in [-0.15, -0.1) is 0 Å². The molecule has 0 spiro atoms. The molecule has 1 aliphatic heterocycles. The molecule has 1 rings (SSSR count). The van der Waals surface area contributed by atoms with Gasteiger partial charge in [-0.1, -0.05) is 0 Å². The first-order valence-electron chi connectivity index (χ1n) is 2.23. The smallest absolute Gasteiger partial charge is 0.273 e. The van der Waals surface area contributed by atoms with Crippen LogP contribution in [0.15, 0.2) is 5.10 Å². The zero-order valence-corrected chi connectivity index (χ0v) is 6.45. The molecule has 5 N–H and O–H groups in total. The molecule has 6 nitrogen and oxygen atoms in total. The Morgan fingerprint density at radius 2 is 2.30 bits per heavy atom. The maximum atomic E-state index is 10.6. The highest BCUT2D eigenvalue weighted by Crippen LogP contribution is 2.22. The van der Waals surface area contributed by atoms with Gasteiger partial charge in [-0.2, -0.15) is 5.10 Å². The fourth-order valence-corrected chi connectivity index (χ4v) is 1.59. The lowest BCUT2D eigenvalue weighted by Gasteiger charge is -2.17. The maximum absolute atomic E-state index is 10.6. The van der Waals surface area contributed by atoms with Crippen LogP contribution in [0.2, 0.25) is 0 Å². The van der Waals surface area contributed by atoms with Crippen LogP contribution >= 0.6 is 11.8 Å². The number of thioether (sulfide) groups is 1. The van der Waals surface area contributed by atoms with Crippen molar-refractivity contribution in [2.45, 2.75) is 4.33 Å². The normalized spacial score (nSPS) is 32.2. The summed E-state index contributed by atoms with van der Waals surface area (Å²) in [6, 6.07) is 0. The number of sulfonamides is 1. The number of hydrazone groups is 1. The summed E-state index contributed by atoms with van der Waals surface area (Å²) in [5, 5.41) is 8.17. The Morgan fingerprint density at radius 1 is 1.70 bits per heavy atom. The Kier molecular flexibility index (Phi) is 1.63. The molecule has 0 fully saturated rings. The maximum Gasteiger partial charge on any atom is 0.273 e. The van der Waals surface area contributed by atoms with E-state index in [9.17, 15) is 8.42 Å². The fourth-order valence-electron chi connectivity index (χ4n) is 0.378. The van der Waals surface area contributed by atoms with E-state index < -0.39 is 14.4 Å². The van der Waals surface area contributed by atoms with Crippen molar-refractivity contribution < 1.29 is 8.42 Å². The molecule has 58 valence electrons. The highest BCUT2D eigenvalue weighted by Gasteiger charge is 2.40. The molecule has 0 saturated carbocycles. The highest BCUT2D eigenvalue weighted by molar-refractivity contribution is 8.22. The summed E-state index contributed by atoms with van der Waals surface area (Å²) in [5.74, 6) is 0. The van der Waals surface area contributed by atoms with Crippen molar-refractivity contribution in [2.75, 3.05) is 0 Å². The van der Waals surface area contributed by atoms with Crippen LogP contribution in [0.25, 0.3) is 0 Å². The predicted octanol–water partition coefficient (Wildman–Crippen LogP) is -1.88. The Labute approximate surface area is 62.1 Å². The van der Waals surface area contributed by atoms with Crippen LogP contribution in [-0.4, -0.2) is 18.3 Å². The van der Waals surface area contributed by atoms with Crippen LogP contribution in [0.5, 0.6) is 0 Å². The fraction of sp³-hybridized carbons (Fsp3) is 0.500. The van der Waals surface area contributed by atoms with Gasteiger partial charge in [0.25, 0.3) is 14.4 Å². The molecule has 1 atom stereocenters. The van der Waals surface area contributed by atoms with Gasteiger partial charge in [0.2, 0.25) is 0 Å². The number of nitrogens with one attached hydrogen (secondary N) is 1. The molecular weight excluding hydrogens is 176 g/mol. The number of nitrogens with two attached hydrogens (primary N) is 2. The van der Waals surface area contributed by atoms with E-state index in [4.69, 9.17) is 10.9 Å². The van der Waals surface area contributed by atoms with Gasteiger partial charge in [0.15, 0.2) is 0 Å². The summed E-state index contributed by atoms with van der Waals surface area (Å²) in [6.07, 6.45) is 0. The second kappa shape index (κ2) is 2.09. The largest absolute Gasteiger partial charge is 0.284 e. The van der Waals surface area contributed by atoms with E-state index in [0.29, 0.717) is 0 Å². The molecule has 1 heterocycles. The SMILES string of the molecule is NC1(S(N)(=O)=O)NN=CS1. The van der Waals surface area contributed by atoms with Crippen LogP contribution in [0.1, 0.15) is 0 Å². The summed E-state index contributed by atoms with van der Waals surface area (Å²) < 4.78 is 19.6. The van der Waals surface area contributed by atoms with Crippen molar-refractivity contribution >= 4 is 27.3 Å². The first-order chi connectivity index (χ1) is 4.46.